The van der Waals surface area contributed by atoms with Gasteiger partial charge in [-0.25, -0.2) is 0 Å². The summed E-state index contributed by atoms with van der Waals surface area (Å²) in [5.41, 5.74) is 2.52. The second-order valence-electron chi connectivity index (χ2n) is 7.15. The molecule has 5 nitrogen and oxygen atoms in total. The SMILES string of the molecule is Cc1nn(C)cc1CN1CC(C(=O)O)CCC12CCCCC2. The van der Waals surface area contributed by atoms with Gasteiger partial charge in [0.1, 0.15) is 0 Å². The van der Waals surface area contributed by atoms with Crippen LogP contribution in [-0.4, -0.2) is 37.8 Å². The largest absolute Gasteiger partial charge is 0.481 e. The van der Waals surface area contributed by atoms with Crippen molar-refractivity contribution in [1.29, 1.82) is 0 Å². The molecule has 1 spiro atoms. The van der Waals surface area contributed by atoms with Crippen molar-refractivity contribution in [2.24, 2.45) is 13.0 Å². The van der Waals surface area contributed by atoms with Crippen LogP contribution in [0.4, 0.5) is 0 Å². The molecule has 2 aliphatic rings. The smallest absolute Gasteiger partial charge is 0.307 e. The van der Waals surface area contributed by atoms with E-state index in [-0.39, 0.29) is 11.5 Å². The van der Waals surface area contributed by atoms with Gasteiger partial charge in [-0.3, -0.25) is 14.4 Å². The summed E-state index contributed by atoms with van der Waals surface area (Å²) in [6, 6.07) is 0. The number of nitrogens with zero attached hydrogens (tertiary/aromatic N) is 3. The van der Waals surface area contributed by atoms with Crippen molar-refractivity contribution >= 4 is 5.97 Å². The number of hydrogen-bond donors (Lipinski definition) is 1. The molecule has 22 heavy (non-hydrogen) atoms. The van der Waals surface area contributed by atoms with Crippen LogP contribution < -0.4 is 0 Å². The van der Waals surface area contributed by atoms with Gasteiger partial charge in [0.05, 0.1) is 11.6 Å². The molecule has 1 aromatic heterocycles. The van der Waals surface area contributed by atoms with E-state index in [1.807, 2.05) is 18.7 Å². The Morgan fingerprint density at radius 1 is 1.36 bits per heavy atom. The van der Waals surface area contributed by atoms with Gasteiger partial charge in [0, 0.05) is 37.4 Å². The van der Waals surface area contributed by atoms with Gasteiger partial charge in [-0.1, -0.05) is 19.3 Å². The number of rotatable bonds is 3. The maximum atomic E-state index is 11.5. The Bertz CT molecular complexity index is 546. The Morgan fingerprint density at radius 2 is 2.09 bits per heavy atom. The molecule has 1 N–H and O–H groups in total. The zero-order valence-corrected chi connectivity index (χ0v) is 13.7. The molecule has 122 valence electrons. The lowest BCUT2D eigenvalue weighted by atomic mass is 9.72. The normalized spacial score (nSPS) is 25.5. The number of aliphatic carboxylic acids is 1. The predicted octanol–water partition coefficient (Wildman–Crippen LogP) is 2.73. The number of aromatic nitrogens is 2. The van der Waals surface area contributed by atoms with E-state index in [0.717, 1.165) is 25.1 Å². The van der Waals surface area contributed by atoms with Crippen molar-refractivity contribution in [2.75, 3.05) is 6.54 Å². The highest BCUT2D eigenvalue weighted by molar-refractivity contribution is 5.70. The van der Waals surface area contributed by atoms with Gasteiger partial charge in [-0.2, -0.15) is 5.10 Å². The molecule has 3 rings (SSSR count). The zero-order chi connectivity index (χ0) is 15.7. The molecular formula is C17H27N3O2. The van der Waals surface area contributed by atoms with Crippen molar-refractivity contribution in [3.63, 3.8) is 0 Å². The van der Waals surface area contributed by atoms with Gasteiger partial charge in [-0.05, 0) is 32.6 Å². The van der Waals surface area contributed by atoms with E-state index >= 15 is 0 Å². The molecule has 0 bridgehead atoms. The standard InChI is InChI=1S/C17H27N3O2/c1-13-15(10-19(2)18-13)12-20-11-14(16(21)22)6-9-17(20)7-4-3-5-8-17/h10,14H,3-9,11-12H2,1-2H3,(H,21,22). The zero-order valence-electron chi connectivity index (χ0n) is 13.7. The van der Waals surface area contributed by atoms with Crippen LogP contribution in [0.2, 0.25) is 0 Å². The van der Waals surface area contributed by atoms with Gasteiger partial charge in [-0.15, -0.1) is 0 Å². The van der Waals surface area contributed by atoms with Crippen LogP contribution in [0.1, 0.15) is 56.2 Å². The minimum Gasteiger partial charge on any atom is -0.481 e. The number of carboxylic acid groups (broad SMARTS) is 1. The third-order valence-electron chi connectivity index (χ3n) is 5.68. The molecule has 1 unspecified atom stereocenters. The highest BCUT2D eigenvalue weighted by Gasteiger charge is 2.43. The second kappa shape index (κ2) is 6.03. The number of carbonyl (C=O) groups is 1. The lowest BCUT2D eigenvalue weighted by Crippen LogP contribution is -2.55. The molecule has 1 atom stereocenters. The molecular weight excluding hydrogens is 278 g/mol. The second-order valence-corrected chi connectivity index (χ2v) is 7.15. The summed E-state index contributed by atoms with van der Waals surface area (Å²) < 4.78 is 1.86. The maximum absolute atomic E-state index is 11.5. The van der Waals surface area contributed by atoms with Crippen LogP contribution in [0.25, 0.3) is 0 Å². The molecule has 0 amide bonds. The van der Waals surface area contributed by atoms with Gasteiger partial charge in [0.2, 0.25) is 0 Å². The van der Waals surface area contributed by atoms with Gasteiger partial charge in [0.15, 0.2) is 0 Å². The summed E-state index contributed by atoms with van der Waals surface area (Å²) in [6.45, 7) is 3.56. The van der Waals surface area contributed by atoms with Crippen LogP contribution >= 0.6 is 0 Å². The molecule has 1 saturated heterocycles. The first-order chi connectivity index (χ1) is 10.5. The minimum absolute atomic E-state index is 0.218. The first kappa shape index (κ1) is 15.5. The van der Waals surface area contributed by atoms with Crippen LogP contribution in [0.5, 0.6) is 0 Å². The fraction of sp³-hybridized carbons (Fsp3) is 0.765. The lowest BCUT2D eigenvalue weighted by Gasteiger charge is -2.51. The molecule has 0 radical (unpaired) electrons. The number of aryl methyl sites for hydroxylation is 2. The van der Waals surface area contributed by atoms with Crippen molar-refractivity contribution in [3.8, 4) is 0 Å². The molecule has 5 heteroatoms. The molecule has 1 saturated carbocycles. The van der Waals surface area contributed by atoms with Crippen LogP contribution in [0.15, 0.2) is 6.20 Å². The summed E-state index contributed by atoms with van der Waals surface area (Å²) in [6.07, 6.45) is 10.3. The lowest BCUT2D eigenvalue weighted by molar-refractivity contribution is -0.146. The summed E-state index contributed by atoms with van der Waals surface area (Å²) in [4.78, 5) is 13.9. The van der Waals surface area contributed by atoms with Crippen molar-refractivity contribution in [2.45, 2.75) is 64.0 Å². The third kappa shape index (κ3) is 2.91. The number of hydrogen-bond acceptors (Lipinski definition) is 3. The molecule has 2 fully saturated rings. The van der Waals surface area contributed by atoms with Crippen LogP contribution in [0.3, 0.4) is 0 Å². The van der Waals surface area contributed by atoms with Crippen LogP contribution in [0, 0.1) is 12.8 Å². The van der Waals surface area contributed by atoms with Gasteiger partial charge >= 0.3 is 5.97 Å². The minimum atomic E-state index is -0.640. The Morgan fingerprint density at radius 3 is 2.68 bits per heavy atom. The van der Waals surface area contributed by atoms with E-state index in [9.17, 15) is 9.90 Å². The quantitative estimate of drug-likeness (QED) is 0.933. The Labute approximate surface area is 132 Å². The van der Waals surface area contributed by atoms with Crippen molar-refractivity contribution in [3.05, 3.63) is 17.5 Å². The highest BCUT2D eigenvalue weighted by atomic mass is 16.4. The van der Waals surface area contributed by atoms with Gasteiger partial charge in [0.25, 0.3) is 0 Å². The van der Waals surface area contributed by atoms with E-state index in [1.165, 1.54) is 37.7 Å². The predicted molar refractivity (Wildman–Crippen MR) is 84.5 cm³/mol. The Balaban J connectivity index is 1.83. The van der Waals surface area contributed by atoms with E-state index in [2.05, 4.69) is 16.2 Å². The number of piperidine rings is 1. The molecule has 0 aromatic carbocycles. The molecule has 1 aromatic rings. The van der Waals surface area contributed by atoms with E-state index in [4.69, 9.17) is 0 Å². The van der Waals surface area contributed by atoms with E-state index in [1.54, 1.807) is 0 Å². The average molecular weight is 305 g/mol. The van der Waals surface area contributed by atoms with Gasteiger partial charge < -0.3 is 5.11 Å². The van der Waals surface area contributed by atoms with Crippen LogP contribution in [-0.2, 0) is 18.4 Å². The number of carboxylic acids is 1. The topological polar surface area (TPSA) is 58.4 Å². The Kier molecular flexibility index (Phi) is 4.26. The Hall–Kier alpha value is -1.36. The summed E-state index contributed by atoms with van der Waals surface area (Å²) in [5, 5.41) is 13.9. The average Bonchev–Trinajstić information content (AvgIpc) is 2.80. The molecule has 2 heterocycles. The third-order valence-corrected chi connectivity index (χ3v) is 5.68. The first-order valence-corrected chi connectivity index (χ1v) is 8.47. The van der Waals surface area contributed by atoms with E-state index in [0.29, 0.717) is 6.54 Å². The van der Waals surface area contributed by atoms with E-state index < -0.39 is 5.97 Å². The monoisotopic (exact) mass is 305 g/mol. The molecule has 1 aliphatic heterocycles. The first-order valence-electron chi connectivity index (χ1n) is 8.47. The number of likely N-dealkylation sites (tertiary alicyclic amines) is 1. The highest BCUT2D eigenvalue weighted by Crippen LogP contribution is 2.42. The summed E-state index contributed by atoms with van der Waals surface area (Å²) in [7, 11) is 1.95. The maximum Gasteiger partial charge on any atom is 0.307 e. The summed E-state index contributed by atoms with van der Waals surface area (Å²) in [5.74, 6) is -0.858. The van der Waals surface area contributed by atoms with Crippen molar-refractivity contribution in [1.82, 2.24) is 14.7 Å². The fourth-order valence-corrected chi connectivity index (χ4v) is 4.37. The molecule has 1 aliphatic carbocycles. The fourth-order valence-electron chi connectivity index (χ4n) is 4.37. The van der Waals surface area contributed by atoms with Crippen molar-refractivity contribution < 1.29 is 9.90 Å². The summed E-state index contributed by atoms with van der Waals surface area (Å²) >= 11 is 0.